The minimum atomic E-state index is -4.86. The van der Waals surface area contributed by atoms with E-state index in [-0.39, 0.29) is 42.5 Å². The molecule has 45 heavy (non-hydrogen) atoms. The van der Waals surface area contributed by atoms with E-state index in [0.29, 0.717) is 24.6 Å². The molecule has 1 atom stereocenters. The highest BCUT2D eigenvalue weighted by atomic mass is 32.2. The second-order valence-electron chi connectivity index (χ2n) is 11.4. The van der Waals surface area contributed by atoms with Gasteiger partial charge in [-0.25, -0.2) is 17.2 Å². The first-order chi connectivity index (χ1) is 20.9. The Morgan fingerprint density at radius 2 is 1.69 bits per heavy atom. The van der Waals surface area contributed by atoms with Gasteiger partial charge in [0.15, 0.2) is 0 Å². The number of aromatic nitrogens is 1. The lowest BCUT2D eigenvalue weighted by molar-refractivity contribution is -0.138. The van der Waals surface area contributed by atoms with Gasteiger partial charge in [-0.05, 0) is 75.1 Å². The number of likely N-dealkylation sites (N-methyl/N-ethyl adjacent to an activating group) is 1. The van der Waals surface area contributed by atoms with Crippen molar-refractivity contribution in [2.24, 2.45) is 0 Å². The Bertz CT molecular complexity index is 1560. The molecule has 0 aliphatic rings. The third kappa shape index (κ3) is 10.3. The fourth-order valence-corrected chi connectivity index (χ4v) is 5.94. The van der Waals surface area contributed by atoms with Crippen LogP contribution in [0.15, 0.2) is 59.6 Å². The zero-order valence-corrected chi connectivity index (χ0v) is 25.9. The van der Waals surface area contributed by atoms with Crippen molar-refractivity contribution in [3.05, 3.63) is 83.2 Å². The Kier molecular flexibility index (Phi) is 11.8. The lowest BCUT2D eigenvalue weighted by atomic mass is 9.95. The summed E-state index contributed by atoms with van der Waals surface area (Å²) < 4.78 is 96.6. The van der Waals surface area contributed by atoms with E-state index in [1.807, 2.05) is 13.8 Å². The summed E-state index contributed by atoms with van der Waals surface area (Å²) in [5.74, 6) is -2.29. The monoisotopic (exact) mass is 657 g/mol. The largest absolute Gasteiger partial charge is 0.481 e. The van der Waals surface area contributed by atoms with Gasteiger partial charge in [0.2, 0.25) is 10.0 Å². The maximum atomic E-state index is 13.9. The van der Waals surface area contributed by atoms with Crippen molar-refractivity contribution in [2.75, 3.05) is 20.1 Å². The summed E-state index contributed by atoms with van der Waals surface area (Å²) in [6.45, 7) is 3.14. The Labute approximate surface area is 259 Å². The maximum Gasteiger partial charge on any atom is 0.416 e. The van der Waals surface area contributed by atoms with Gasteiger partial charge in [-0.2, -0.15) is 17.5 Å². The number of nitrogens with zero attached hydrogens (tertiary/aromatic N) is 2. The number of pyridine rings is 1. The molecule has 0 radical (unpaired) electrons. The highest BCUT2D eigenvalue weighted by Gasteiger charge is 2.34. The summed E-state index contributed by atoms with van der Waals surface area (Å²) in [7, 11) is -3.35. The van der Waals surface area contributed by atoms with Gasteiger partial charge in [0.1, 0.15) is 11.6 Å². The van der Waals surface area contributed by atoms with E-state index in [1.165, 1.54) is 36.5 Å². The van der Waals surface area contributed by atoms with Crippen LogP contribution in [0.5, 0.6) is 0 Å². The van der Waals surface area contributed by atoms with E-state index in [2.05, 4.69) is 10.3 Å². The van der Waals surface area contributed by atoms with Gasteiger partial charge in [0.25, 0.3) is 0 Å². The molecule has 3 aromatic rings. The predicted molar refractivity (Wildman–Crippen MR) is 158 cm³/mol. The predicted octanol–water partition coefficient (Wildman–Crippen LogP) is 5.44. The molecular formula is C31H36F5N3O5S. The van der Waals surface area contributed by atoms with Crippen molar-refractivity contribution in [3.8, 4) is 11.1 Å². The number of carboxylic acid groups (broad SMARTS) is 1. The maximum absolute atomic E-state index is 13.9. The normalized spacial score (nSPS) is 13.3. The Morgan fingerprint density at radius 1 is 1.02 bits per heavy atom. The second-order valence-corrected chi connectivity index (χ2v) is 13.5. The van der Waals surface area contributed by atoms with Crippen LogP contribution in [-0.2, 0) is 33.8 Å². The lowest BCUT2D eigenvalue weighted by Crippen LogP contribution is -2.46. The SMILES string of the molecule is CN(C[C@H](O)CNC(C)(C)CCCc1c(F)cccc1F)S(=O)(=O)c1cc(-c2ccc(CCC(=O)O)nc2)cc(C(F)(F)F)c1. The van der Waals surface area contributed by atoms with Crippen molar-refractivity contribution in [1.82, 2.24) is 14.6 Å². The Morgan fingerprint density at radius 3 is 2.27 bits per heavy atom. The quantitative estimate of drug-likeness (QED) is 0.186. The molecule has 0 spiro atoms. The number of hydrogen-bond acceptors (Lipinski definition) is 6. The molecule has 1 aromatic heterocycles. The first kappa shape index (κ1) is 36.0. The van der Waals surface area contributed by atoms with Crippen LogP contribution in [0.2, 0.25) is 0 Å². The average Bonchev–Trinajstić information content (AvgIpc) is 2.96. The van der Waals surface area contributed by atoms with Gasteiger partial charge >= 0.3 is 12.1 Å². The molecule has 0 fully saturated rings. The standard InChI is InChI=1S/C31H36F5N3O5S/c1-30(2,13-5-6-26-27(32)7-4-8-28(26)33)38-18-24(40)19-39(3)45(43,44)25-15-21(14-22(16-25)31(34,35)36)20-9-10-23(37-17-20)11-12-29(41)42/h4,7-10,14-17,24,38,40H,5-6,11-13,18-19H2,1-3H3,(H,41,42)/t24-/m1/s1. The first-order valence-corrected chi connectivity index (χ1v) is 15.5. The highest BCUT2D eigenvalue weighted by molar-refractivity contribution is 7.89. The number of halogens is 5. The molecule has 8 nitrogen and oxygen atoms in total. The van der Waals surface area contributed by atoms with Crippen LogP contribution in [0.25, 0.3) is 11.1 Å². The molecule has 0 saturated carbocycles. The smallest absolute Gasteiger partial charge is 0.416 e. The summed E-state index contributed by atoms with van der Waals surface area (Å²) >= 11 is 0. The van der Waals surface area contributed by atoms with Crippen LogP contribution in [-0.4, -0.2) is 65.7 Å². The van der Waals surface area contributed by atoms with Gasteiger partial charge in [0, 0.05) is 55.1 Å². The van der Waals surface area contributed by atoms with Crippen molar-refractivity contribution >= 4 is 16.0 Å². The van der Waals surface area contributed by atoms with Crippen LogP contribution < -0.4 is 5.32 Å². The number of hydrogen-bond donors (Lipinski definition) is 3. The molecule has 2 aromatic carbocycles. The van der Waals surface area contributed by atoms with Crippen LogP contribution in [0, 0.1) is 11.6 Å². The van der Waals surface area contributed by atoms with Crippen LogP contribution in [0.3, 0.4) is 0 Å². The summed E-state index contributed by atoms with van der Waals surface area (Å²) in [6, 6.07) is 8.96. The fraction of sp³-hybridized carbons (Fsp3) is 0.419. The molecule has 0 unspecified atom stereocenters. The Hall–Kier alpha value is -3.46. The molecule has 0 aliphatic heterocycles. The number of alkyl halides is 3. The zero-order chi connectivity index (χ0) is 33.6. The van der Waals surface area contributed by atoms with E-state index in [4.69, 9.17) is 5.11 Å². The van der Waals surface area contributed by atoms with Crippen molar-refractivity contribution in [1.29, 1.82) is 0 Å². The fourth-order valence-electron chi connectivity index (χ4n) is 4.66. The van der Waals surface area contributed by atoms with E-state index in [1.54, 1.807) is 0 Å². The Balaban J connectivity index is 1.69. The van der Waals surface area contributed by atoms with Crippen molar-refractivity contribution < 1.29 is 45.4 Å². The number of aliphatic hydroxyl groups is 1. The third-order valence-electron chi connectivity index (χ3n) is 7.27. The lowest BCUT2D eigenvalue weighted by Gasteiger charge is -2.29. The minimum Gasteiger partial charge on any atom is -0.481 e. The highest BCUT2D eigenvalue weighted by Crippen LogP contribution is 2.35. The number of β-amino-alcohol motifs (C(OH)–C–C–N with tert-alkyl or cyclic N) is 1. The van der Waals surface area contributed by atoms with Gasteiger partial charge in [0.05, 0.1) is 23.0 Å². The summed E-state index contributed by atoms with van der Waals surface area (Å²) in [6.07, 6.45) is -3.84. The first-order valence-electron chi connectivity index (χ1n) is 14.1. The van der Waals surface area contributed by atoms with Crippen LogP contribution in [0.1, 0.15) is 49.9 Å². The van der Waals surface area contributed by atoms with E-state index < -0.39 is 62.4 Å². The molecular weight excluding hydrogens is 621 g/mol. The summed E-state index contributed by atoms with van der Waals surface area (Å²) in [5.41, 5.74) is -1.25. The summed E-state index contributed by atoms with van der Waals surface area (Å²) in [5, 5.41) is 22.5. The molecule has 0 aliphatic carbocycles. The molecule has 0 saturated heterocycles. The van der Waals surface area contributed by atoms with E-state index >= 15 is 0 Å². The molecule has 1 heterocycles. The third-order valence-corrected chi connectivity index (χ3v) is 9.07. The summed E-state index contributed by atoms with van der Waals surface area (Å²) in [4.78, 5) is 14.2. The average molecular weight is 658 g/mol. The van der Waals surface area contributed by atoms with E-state index in [0.717, 1.165) is 23.5 Å². The molecule has 0 bridgehead atoms. The van der Waals surface area contributed by atoms with Crippen LogP contribution >= 0.6 is 0 Å². The number of aliphatic carboxylic acids is 1. The van der Waals surface area contributed by atoms with Crippen LogP contribution in [0.4, 0.5) is 22.0 Å². The van der Waals surface area contributed by atoms with Gasteiger partial charge in [-0.1, -0.05) is 12.1 Å². The molecule has 3 rings (SSSR count). The van der Waals surface area contributed by atoms with Crippen molar-refractivity contribution in [3.63, 3.8) is 0 Å². The number of carboxylic acids is 1. The molecule has 0 amide bonds. The molecule has 3 N–H and O–H groups in total. The van der Waals surface area contributed by atoms with Gasteiger partial charge in [-0.3, -0.25) is 9.78 Å². The van der Waals surface area contributed by atoms with E-state index in [9.17, 15) is 40.3 Å². The topological polar surface area (TPSA) is 120 Å². The van der Waals surface area contributed by atoms with Gasteiger partial charge in [-0.15, -0.1) is 0 Å². The molecule has 14 heteroatoms. The molecule has 246 valence electrons. The number of nitrogens with one attached hydrogen (secondary N) is 1. The minimum absolute atomic E-state index is 0.0121. The number of aryl methyl sites for hydroxylation is 1. The number of aliphatic hydroxyl groups excluding tert-OH is 1. The second kappa shape index (κ2) is 14.8. The zero-order valence-electron chi connectivity index (χ0n) is 25.0. The van der Waals surface area contributed by atoms with Crippen molar-refractivity contribution in [2.45, 2.75) is 68.7 Å². The number of carbonyl (C=O) groups is 1. The number of rotatable bonds is 15. The number of benzene rings is 2. The number of sulfonamides is 1. The van der Waals surface area contributed by atoms with Gasteiger partial charge < -0.3 is 15.5 Å².